The van der Waals surface area contributed by atoms with Crippen LogP contribution >= 0.6 is 11.6 Å². The van der Waals surface area contributed by atoms with Crippen LogP contribution in [0.2, 0.25) is 5.15 Å². The topological polar surface area (TPSA) is 39.2 Å². The van der Waals surface area contributed by atoms with Gasteiger partial charge in [-0.3, -0.25) is 0 Å². The molecule has 5 heteroatoms. The van der Waals surface area contributed by atoms with Crippen molar-refractivity contribution in [1.29, 1.82) is 0 Å². The van der Waals surface area contributed by atoms with Crippen LogP contribution in [0.3, 0.4) is 0 Å². The summed E-state index contributed by atoms with van der Waals surface area (Å²) >= 11 is 6.04. The van der Waals surface area contributed by atoms with Gasteiger partial charge in [0.1, 0.15) is 11.0 Å². The average Bonchev–Trinajstić information content (AvgIpc) is 2.42. The normalized spacial score (nSPS) is 10.4. The Bertz CT molecular complexity index is 638. The first-order valence-corrected chi connectivity index (χ1v) is 6.37. The number of halogens is 2. The molecule has 1 aromatic carbocycles. The molecule has 2 rings (SSSR count). The van der Waals surface area contributed by atoms with Crippen molar-refractivity contribution in [3.8, 4) is 0 Å². The van der Waals surface area contributed by atoms with E-state index in [0.717, 1.165) is 11.1 Å². The van der Waals surface area contributed by atoms with E-state index in [1.54, 1.807) is 12.3 Å². The van der Waals surface area contributed by atoms with Gasteiger partial charge in [0.05, 0.1) is 12.7 Å². The molecule has 0 N–H and O–H groups in total. The highest BCUT2D eigenvalue weighted by molar-refractivity contribution is 6.30. The van der Waals surface area contributed by atoms with Crippen LogP contribution in [0.1, 0.15) is 27.0 Å². The first kappa shape index (κ1) is 14.5. The standard InChI is InChI=1S/C15H13ClFNO2/c1-9-5-6-18-14(16)12(9)7-10-3-4-11(13(17)8-10)15(19)20-2/h3-6,8H,7H2,1-2H3. The van der Waals surface area contributed by atoms with E-state index in [1.807, 2.05) is 13.0 Å². The number of aromatic nitrogens is 1. The number of carbonyl (C=O) groups excluding carboxylic acids is 1. The van der Waals surface area contributed by atoms with Gasteiger partial charge in [0, 0.05) is 12.6 Å². The van der Waals surface area contributed by atoms with Crippen molar-refractivity contribution >= 4 is 17.6 Å². The summed E-state index contributed by atoms with van der Waals surface area (Å²) in [6.07, 6.45) is 2.08. The summed E-state index contributed by atoms with van der Waals surface area (Å²) in [5.74, 6) is -1.29. The monoisotopic (exact) mass is 293 g/mol. The number of hydrogen-bond acceptors (Lipinski definition) is 3. The quantitative estimate of drug-likeness (QED) is 0.641. The summed E-state index contributed by atoms with van der Waals surface area (Å²) in [6, 6.07) is 6.25. The van der Waals surface area contributed by atoms with Crippen molar-refractivity contribution < 1.29 is 13.9 Å². The van der Waals surface area contributed by atoms with Crippen molar-refractivity contribution in [2.45, 2.75) is 13.3 Å². The van der Waals surface area contributed by atoms with Crippen LogP contribution in [-0.4, -0.2) is 18.1 Å². The second-order valence-electron chi connectivity index (χ2n) is 4.38. The minimum atomic E-state index is -0.690. The maximum absolute atomic E-state index is 13.8. The number of nitrogens with zero attached hydrogens (tertiary/aromatic N) is 1. The van der Waals surface area contributed by atoms with E-state index in [4.69, 9.17) is 11.6 Å². The maximum Gasteiger partial charge on any atom is 0.340 e. The maximum atomic E-state index is 13.8. The van der Waals surface area contributed by atoms with Gasteiger partial charge in [0.15, 0.2) is 0 Å². The molecule has 104 valence electrons. The zero-order valence-corrected chi connectivity index (χ0v) is 11.9. The van der Waals surface area contributed by atoms with Crippen LogP contribution in [0.25, 0.3) is 0 Å². The number of esters is 1. The fourth-order valence-corrected chi connectivity index (χ4v) is 2.19. The molecule has 0 bridgehead atoms. The largest absolute Gasteiger partial charge is 0.465 e. The lowest BCUT2D eigenvalue weighted by Gasteiger charge is -2.08. The molecule has 0 unspecified atom stereocenters. The molecule has 0 radical (unpaired) electrons. The Kier molecular flexibility index (Phi) is 4.35. The fraction of sp³-hybridized carbons (Fsp3) is 0.200. The van der Waals surface area contributed by atoms with E-state index in [9.17, 15) is 9.18 Å². The number of carbonyl (C=O) groups is 1. The number of hydrogen-bond donors (Lipinski definition) is 0. The van der Waals surface area contributed by atoms with Gasteiger partial charge in [-0.15, -0.1) is 0 Å². The van der Waals surface area contributed by atoms with E-state index in [-0.39, 0.29) is 5.56 Å². The van der Waals surface area contributed by atoms with E-state index >= 15 is 0 Å². The number of pyridine rings is 1. The summed E-state index contributed by atoms with van der Waals surface area (Å²) in [4.78, 5) is 15.3. The number of rotatable bonds is 3. The number of benzene rings is 1. The average molecular weight is 294 g/mol. The summed E-state index contributed by atoms with van der Waals surface area (Å²) in [6.45, 7) is 1.92. The van der Waals surface area contributed by atoms with Crippen LogP contribution in [-0.2, 0) is 11.2 Å². The third-order valence-electron chi connectivity index (χ3n) is 3.06. The van der Waals surface area contributed by atoms with Crippen LogP contribution in [0.15, 0.2) is 30.5 Å². The summed E-state index contributed by atoms with van der Waals surface area (Å²) in [7, 11) is 1.22. The van der Waals surface area contributed by atoms with Crippen LogP contribution < -0.4 is 0 Å². The highest BCUT2D eigenvalue weighted by Crippen LogP contribution is 2.22. The van der Waals surface area contributed by atoms with Crippen molar-refractivity contribution in [3.63, 3.8) is 0 Å². The second kappa shape index (κ2) is 6.01. The first-order chi connectivity index (χ1) is 9.52. The number of methoxy groups -OCH3 is 1. The van der Waals surface area contributed by atoms with Gasteiger partial charge < -0.3 is 4.74 Å². The van der Waals surface area contributed by atoms with Crippen molar-refractivity contribution in [3.05, 3.63) is 63.7 Å². The third kappa shape index (κ3) is 2.96. The lowest BCUT2D eigenvalue weighted by atomic mass is 10.0. The van der Waals surface area contributed by atoms with Crippen LogP contribution in [0, 0.1) is 12.7 Å². The van der Waals surface area contributed by atoms with Gasteiger partial charge >= 0.3 is 5.97 Å². The molecule has 0 fully saturated rings. The SMILES string of the molecule is COC(=O)c1ccc(Cc2c(C)ccnc2Cl)cc1F. The molecular weight excluding hydrogens is 281 g/mol. The molecule has 0 atom stereocenters. The molecule has 2 aromatic rings. The summed E-state index contributed by atoms with van der Waals surface area (Å²) < 4.78 is 18.3. The van der Waals surface area contributed by atoms with Gasteiger partial charge in [-0.1, -0.05) is 17.7 Å². The Hall–Kier alpha value is -1.94. The van der Waals surface area contributed by atoms with E-state index in [1.165, 1.54) is 19.2 Å². The Balaban J connectivity index is 2.32. The predicted octanol–water partition coefficient (Wildman–Crippen LogP) is 3.56. The molecule has 3 nitrogen and oxygen atoms in total. The molecule has 0 spiro atoms. The molecule has 0 aliphatic rings. The molecule has 0 saturated carbocycles. The molecule has 0 aliphatic carbocycles. The van der Waals surface area contributed by atoms with E-state index < -0.39 is 11.8 Å². The highest BCUT2D eigenvalue weighted by Gasteiger charge is 2.13. The first-order valence-electron chi connectivity index (χ1n) is 5.99. The zero-order valence-electron chi connectivity index (χ0n) is 11.1. The molecule has 0 saturated heterocycles. The van der Waals surface area contributed by atoms with Crippen molar-refractivity contribution in [2.75, 3.05) is 7.11 Å². The second-order valence-corrected chi connectivity index (χ2v) is 4.74. The Morgan fingerprint density at radius 1 is 1.40 bits per heavy atom. The summed E-state index contributed by atoms with van der Waals surface area (Å²) in [5, 5.41) is 0.405. The highest BCUT2D eigenvalue weighted by atomic mass is 35.5. The Morgan fingerprint density at radius 3 is 2.75 bits per heavy atom. The molecule has 1 aromatic heterocycles. The zero-order chi connectivity index (χ0) is 14.7. The van der Waals surface area contributed by atoms with E-state index in [2.05, 4.69) is 9.72 Å². The van der Waals surface area contributed by atoms with Crippen LogP contribution in [0.5, 0.6) is 0 Å². The molecule has 20 heavy (non-hydrogen) atoms. The van der Waals surface area contributed by atoms with E-state index in [0.29, 0.717) is 17.1 Å². The lowest BCUT2D eigenvalue weighted by Crippen LogP contribution is -2.05. The third-order valence-corrected chi connectivity index (χ3v) is 3.38. The molecule has 0 aliphatic heterocycles. The Labute approximate surface area is 121 Å². The van der Waals surface area contributed by atoms with Gasteiger partial charge in [-0.2, -0.15) is 0 Å². The van der Waals surface area contributed by atoms with Gasteiger partial charge in [-0.25, -0.2) is 14.2 Å². The molecular formula is C15H13ClFNO2. The molecule has 1 heterocycles. The van der Waals surface area contributed by atoms with Gasteiger partial charge in [0.25, 0.3) is 0 Å². The number of aryl methyl sites for hydroxylation is 1. The van der Waals surface area contributed by atoms with Gasteiger partial charge in [-0.05, 0) is 41.8 Å². The fourth-order valence-electron chi connectivity index (χ4n) is 1.92. The summed E-state index contributed by atoms with van der Waals surface area (Å²) in [5.41, 5.74) is 2.47. The lowest BCUT2D eigenvalue weighted by molar-refractivity contribution is 0.0595. The minimum absolute atomic E-state index is 0.0785. The number of ether oxygens (including phenoxy) is 1. The van der Waals surface area contributed by atoms with Crippen molar-refractivity contribution in [2.24, 2.45) is 0 Å². The Morgan fingerprint density at radius 2 is 2.15 bits per heavy atom. The minimum Gasteiger partial charge on any atom is -0.465 e. The predicted molar refractivity (Wildman–Crippen MR) is 74.5 cm³/mol. The molecule has 0 amide bonds. The van der Waals surface area contributed by atoms with Crippen LogP contribution in [0.4, 0.5) is 4.39 Å². The van der Waals surface area contributed by atoms with Crippen molar-refractivity contribution in [1.82, 2.24) is 4.98 Å². The smallest absolute Gasteiger partial charge is 0.340 e. The van der Waals surface area contributed by atoms with Gasteiger partial charge in [0.2, 0.25) is 0 Å².